The number of nitrogens with one attached hydrogen (secondary N) is 1. The molecule has 0 saturated carbocycles. The largest absolute Gasteiger partial charge is 0.493 e. The van der Waals surface area contributed by atoms with E-state index in [0.29, 0.717) is 30.1 Å². The standard InChI is InChI=1S/C22H25NO6/c1-12(24)23-16-8-6-13-10-19(27-3)21(28-4)22(29-5)20(13)14-7-9-18(26-2)17(25)11-15(14)16/h7,9-10H,6,8,11H2,1-5H3,(H,23,24). The molecule has 1 N–H and O–H groups in total. The van der Waals surface area contributed by atoms with Crippen LogP contribution in [-0.2, 0) is 20.7 Å². The van der Waals surface area contributed by atoms with Gasteiger partial charge in [-0.1, -0.05) is 6.08 Å². The number of ether oxygens (including phenoxy) is 4. The molecule has 0 aromatic heterocycles. The van der Waals surface area contributed by atoms with Gasteiger partial charge < -0.3 is 24.3 Å². The summed E-state index contributed by atoms with van der Waals surface area (Å²) in [6.07, 6.45) is 4.80. The van der Waals surface area contributed by atoms with E-state index >= 15 is 0 Å². The Bertz CT molecular complexity index is 955. The third kappa shape index (κ3) is 3.72. The normalized spacial score (nSPS) is 15.8. The molecule has 1 aromatic rings. The van der Waals surface area contributed by atoms with Crippen LogP contribution < -0.4 is 19.5 Å². The minimum absolute atomic E-state index is 0.109. The van der Waals surface area contributed by atoms with Crippen LogP contribution in [0.3, 0.4) is 0 Å². The van der Waals surface area contributed by atoms with E-state index in [1.54, 1.807) is 27.4 Å². The molecule has 0 unspecified atom stereocenters. The molecular weight excluding hydrogens is 374 g/mol. The number of allylic oxidation sites excluding steroid dienone is 6. The van der Waals surface area contributed by atoms with Crippen molar-refractivity contribution in [3.63, 3.8) is 0 Å². The van der Waals surface area contributed by atoms with Gasteiger partial charge in [0.2, 0.25) is 17.4 Å². The van der Waals surface area contributed by atoms with Crippen molar-refractivity contribution in [2.45, 2.75) is 26.2 Å². The Morgan fingerprint density at radius 3 is 2.28 bits per heavy atom. The molecule has 7 heteroatoms. The number of ketones is 1. The van der Waals surface area contributed by atoms with Crippen LogP contribution in [0.25, 0.3) is 5.57 Å². The molecule has 3 rings (SSSR count). The van der Waals surface area contributed by atoms with Crippen molar-refractivity contribution in [2.24, 2.45) is 0 Å². The Labute approximate surface area is 170 Å². The first-order valence-electron chi connectivity index (χ1n) is 9.26. The smallest absolute Gasteiger partial charge is 0.221 e. The molecule has 0 fully saturated rings. The third-order valence-electron chi connectivity index (χ3n) is 5.08. The van der Waals surface area contributed by atoms with E-state index in [-0.39, 0.29) is 23.9 Å². The molecule has 154 valence electrons. The van der Waals surface area contributed by atoms with Gasteiger partial charge in [0.05, 0.1) is 28.4 Å². The van der Waals surface area contributed by atoms with Crippen LogP contribution >= 0.6 is 0 Å². The highest BCUT2D eigenvalue weighted by molar-refractivity contribution is 6.02. The second-order valence-corrected chi connectivity index (χ2v) is 6.73. The van der Waals surface area contributed by atoms with Crippen LogP contribution in [0.2, 0.25) is 0 Å². The van der Waals surface area contributed by atoms with E-state index in [1.165, 1.54) is 14.0 Å². The number of hydrogen-bond acceptors (Lipinski definition) is 6. The Balaban J connectivity index is 2.33. The molecule has 2 aliphatic rings. The lowest BCUT2D eigenvalue weighted by Crippen LogP contribution is -2.21. The van der Waals surface area contributed by atoms with Gasteiger partial charge in [-0.05, 0) is 41.7 Å². The van der Waals surface area contributed by atoms with Gasteiger partial charge in [0, 0.05) is 24.6 Å². The lowest BCUT2D eigenvalue weighted by molar-refractivity contribution is -0.119. The van der Waals surface area contributed by atoms with E-state index in [9.17, 15) is 9.59 Å². The second-order valence-electron chi connectivity index (χ2n) is 6.73. The maximum Gasteiger partial charge on any atom is 0.221 e. The van der Waals surface area contributed by atoms with E-state index < -0.39 is 0 Å². The Hall–Kier alpha value is -3.22. The molecule has 0 bridgehead atoms. The lowest BCUT2D eigenvalue weighted by atomic mass is 9.91. The predicted molar refractivity (Wildman–Crippen MR) is 108 cm³/mol. The zero-order valence-electron chi connectivity index (χ0n) is 17.3. The van der Waals surface area contributed by atoms with Crippen LogP contribution in [0.5, 0.6) is 17.2 Å². The Morgan fingerprint density at radius 1 is 0.966 bits per heavy atom. The van der Waals surface area contributed by atoms with Crippen molar-refractivity contribution < 1.29 is 28.5 Å². The van der Waals surface area contributed by atoms with Crippen LogP contribution in [0.4, 0.5) is 0 Å². The van der Waals surface area contributed by atoms with Crippen LogP contribution in [-0.4, -0.2) is 40.1 Å². The van der Waals surface area contributed by atoms with E-state index in [2.05, 4.69) is 5.32 Å². The van der Waals surface area contributed by atoms with Gasteiger partial charge in [-0.15, -0.1) is 0 Å². The third-order valence-corrected chi connectivity index (χ3v) is 5.08. The molecule has 1 amide bonds. The molecule has 0 atom stereocenters. The van der Waals surface area contributed by atoms with Crippen molar-refractivity contribution in [1.29, 1.82) is 0 Å². The maximum atomic E-state index is 12.7. The van der Waals surface area contributed by atoms with Crippen LogP contribution in [0, 0.1) is 0 Å². The summed E-state index contributed by atoms with van der Waals surface area (Å²) in [7, 11) is 6.16. The summed E-state index contributed by atoms with van der Waals surface area (Å²) in [4.78, 5) is 24.5. The zero-order chi connectivity index (χ0) is 21.1. The molecule has 2 aliphatic carbocycles. The van der Waals surface area contributed by atoms with Crippen LogP contribution in [0.15, 0.2) is 35.2 Å². The second kappa shape index (κ2) is 8.43. The number of aryl methyl sites for hydroxylation is 1. The first-order chi connectivity index (χ1) is 13.9. The van der Waals surface area contributed by atoms with E-state index in [1.807, 2.05) is 12.1 Å². The fourth-order valence-corrected chi connectivity index (χ4v) is 3.84. The molecule has 0 radical (unpaired) electrons. The van der Waals surface area contributed by atoms with Crippen LogP contribution in [0.1, 0.15) is 30.9 Å². The summed E-state index contributed by atoms with van der Waals surface area (Å²) in [5.74, 6) is 1.49. The summed E-state index contributed by atoms with van der Waals surface area (Å²) >= 11 is 0. The van der Waals surface area contributed by atoms with Gasteiger partial charge in [-0.3, -0.25) is 9.59 Å². The average molecular weight is 399 g/mol. The number of Topliss-reactive ketones (excluding diaryl/α,β-unsaturated/α-hetero) is 1. The molecule has 29 heavy (non-hydrogen) atoms. The van der Waals surface area contributed by atoms with Gasteiger partial charge >= 0.3 is 0 Å². The summed E-state index contributed by atoms with van der Waals surface area (Å²) in [6, 6.07) is 1.92. The minimum Gasteiger partial charge on any atom is -0.493 e. The van der Waals surface area contributed by atoms with Gasteiger partial charge in [-0.25, -0.2) is 0 Å². The minimum atomic E-state index is -0.184. The Kier molecular flexibility index (Phi) is 5.96. The number of benzene rings is 1. The topological polar surface area (TPSA) is 83.1 Å². The Morgan fingerprint density at radius 2 is 1.69 bits per heavy atom. The highest BCUT2D eigenvalue weighted by Gasteiger charge is 2.31. The van der Waals surface area contributed by atoms with Gasteiger partial charge in [0.15, 0.2) is 17.3 Å². The number of carbonyl (C=O) groups is 2. The van der Waals surface area contributed by atoms with E-state index in [0.717, 1.165) is 28.0 Å². The number of rotatable bonds is 5. The molecule has 0 heterocycles. The first-order valence-corrected chi connectivity index (χ1v) is 9.26. The number of carbonyl (C=O) groups excluding carboxylic acids is 2. The molecular formula is C22H25NO6. The average Bonchev–Trinajstić information content (AvgIpc) is 2.95. The summed E-state index contributed by atoms with van der Waals surface area (Å²) in [5, 5.41) is 2.91. The fraction of sp³-hybridized carbons (Fsp3) is 0.364. The summed E-state index contributed by atoms with van der Waals surface area (Å²) in [6.45, 7) is 1.46. The number of methoxy groups -OCH3 is 4. The SMILES string of the molecule is COC1=CC=C2C(=C(NC(C)=O)CCc3cc(OC)c(OC)c(OC)c32)CC1=O. The number of hydrogen-bond donors (Lipinski definition) is 1. The molecule has 0 saturated heterocycles. The number of fused-ring (bicyclic) bond motifs is 3. The molecule has 1 aromatic carbocycles. The van der Waals surface area contributed by atoms with Gasteiger partial charge in [0.1, 0.15) is 0 Å². The van der Waals surface area contributed by atoms with E-state index in [4.69, 9.17) is 18.9 Å². The predicted octanol–water partition coefficient (Wildman–Crippen LogP) is 2.94. The first kappa shape index (κ1) is 20.5. The number of amides is 1. The van der Waals surface area contributed by atoms with Crippen molar-refractivity contribution in [1.82, 2.24) is 5.32 Å². The quantitative estimate of drug-likeness (QED) is 0.820. The van der Waals surface area contributed by atoms with Gasteiger partial charge in [0.25, 0.3) is 0 Å². The highest BCUT2D eigenvalue weighted by Crippen LogP contribution is 2.49. The summed E-state index contributed by atoms with van der Waals surface area (Å²) < 4.78 is 22.0. The van der Waals surface area contributed by atoms with Crippen molar-refractivity contribution >= 4 is 17.3 Å². The van der Waals surface area contributed by atoms with Crippen molar-refractivity contribution in [3.05, 3.63) is 46.4 Å². The summed E-state index contributed by atoms with van der Waals surface area (Å²) in [5.41, 5.74) is 4.06. The molecule has 0 aliphatic heterocycles. The maximum absolute atomic E-state index is 12.7. The van der Waals surface area contributed by atoms with Crippen molar-refractivity contribution in [2.75, 3.05) is 28.4 Å². The van der Waals surface area contributed by atoms with Gasteiger partial charge in [-0.2, -0.15) is 0 Å². The zero-order valence-corrected chi connectivity index (χ0v) is 17.3. The fourth-order valence-electron chi connectivity index (χ4n) is 3.84. The lowest BCUT2D eigenvalue weighted by Gasteiger charge is -2.21. The highest BCUT2D eigenvalue weighted by atomic mass is 16.5. The molecule has 7 nitrogen and oxygen atoms in total. The monoisotopic (exact) mass is 399 g/mol. The molecule has 0 spiro atoms. The van der Waals surface area contributed by atoms with Crippen molar-refractivity contribution in [3.8, 4) is 17.2 Å².